The van der Waals surface area contributed by atoms with Crippen molar-refractivity contribution in [3.63, 3.8) is 0 Å². The molecule has 37 heavy (non-hydrogen) atoms. The fourth-order valence-electron chi connectivity index (χ4n) is 4.60. The monoisotopic (exact) mass is 501 g/mol. The smallest absolute Gasteiger partial charge is 0.231 e. The van der Waals surface area contributed by atoms with Crippen LogP contribution in [0.15, 0.2) is 42.9 Å². The second kappa shape index (κ2) is 9.23. The Balaban J connectivity index is 1.34. The number of anilines is 1. The number of aryl methyl sites for hydroxylation is 1. The Morgan fingerprint density at radius 3 is 2.73 bits per heavy atom. The molecule has 0 N–H and O–H groups in total. The number of fused-ring (bicyclic) bond motifs is 1. The standard InChI is InChI=1S/C26H24FN7O3/c1-36-19-4-3-10-28-23(19)17-8-5-15(12-18(17)27)13-33-20(35)9-11-34-26(33)31-24(32-34)21-22(16-6-7-16)29-14-30-25(21)37-2/h3-5,8,10,12,14,16H,6-7,9,11,13H2,1-2H3. The van der Waals surface area contributed by atoms with Crippen molar-refractivity contribution < 1.29 is 18.7 Å². The highest BCUT2D eigenvalue weighted by molar-refractivity contribution is 5.93. The van der Waals surface area contributed by atoms with Crippen LogP contribution in [0.3, 0.4) is 0 Å². The van der Waals surface area contributed by atoms with E-state index in [1.165, 1.54) is 24.4 Å². The highest BCUT2D eigenvalue weighted by atomic mass is 19.1. The van der Waals surface area contributed by atoms with Crippen LogP contribution in [0.25, 0.3) is 22.6 Å². The van der Waals surface area contributed by atoms with Crippen molar-refractivity contribution >= 4 is 11.9 Å². The average molecular weight is 502 g/mol. The number of nitrogens with zero attached hydrogens (tertiary/aromatic N) is 7. The average Bonchev–Trinajstić information content (AvgIpc) is 3.68. The lowest BCUT2D eigenvalue weighted by Crippen LogP contribution is -2.37. The molecule has 0 unspecified atom stereocenters. The van der Waals surface area contributed by atoms with Crippen molar-refractivity contribution in [2.75, 3.05) is 19.1 Å². The largest absolute Gasteiger partial charge is 0.494 e. The molecule has 0 spiro atoms. The lowest BCUT2D eigenvalue weighted by molar-refractivity contribution is -0.119. The minimum atomic E-state index is -0.457. The van der Waals surface area contributed by atoms with Gasteiger partial charge >= 0.3 is 0 Å². The van der Waals surface area contributed by atoms with Gasteiger partial charge in [0.2, 0.25) is 17.7 Å². The zero-order valence-corrected chi connectivity index (χ0v) is 20.4. The quantitative estimate of drug-likeness (QED) is 0.377. The summed E-state index contributed by atoms with van der Waals surface area (Å²) in [5.41, 5.74) is 2.86. The third kappa shape index (κ3) is 4.15. The van der Waals surface area contributed by atoms with Gasteiger partial charge in [-0.1, -0.05) is 6.07 Å². The number of pyridine rings is 1. The predicted molar refractivity (Wildman–Crippen MR) is 132 cm³/mol. The molecular formula is C26H24FN7O3. The Labute approximate surface area is 212 Å². The summed E-state index contributed by atoms with van der Waals surface area (Å²) in [5.74, 6) is 1.45. The lowest BCUT2D eigenvalue weighted by Gasteiger charge is -2.26. The first-order valence-electron chi connectivity index (χ1n) is 12.0. The predicted octanol–water partition coefficient (Wildman–Crippen LogP) is 3.77. The third-order valence-electron chi connectivity index (χ3n) is 6.57. The maximum absolute atomic E-state index is 15.2. The summed E-state index contributed by atoms with van der Waals surface area (Å²) in [4.78, 5) is 32.2. The summed E-state index contributed by atoms with van der Waals surface area (Å²) < 4.78 is 27.7. The Morgan fingerprint density at radius 1 is 1.11 bits per heavy atom. The van der Waals surface area contributed by atoms with Crippen molar-refractivity contribution in [3.05, 3.63) is 59.9 Å². The SMILES string of the molecule is COc1cccnc1-c1ccc(CN2C(=O)CCn3nc(-c4c(OC)ncnc4C4CC4)nc32)cc1F. The summed E-state index contributed by atoms with van der Waals surface area (Å²) in [6.45, 7) is 0.546. The van der Waals surface area contributed by atoms with Crippen LogP contribution in [-0.2, 0) is 17.9 Å². The molecule has 0 radical (unpaired) electrons. The number of carbonyl (C=O) groups is 1. The number of halogens is 1. The molecule has 4 aromatic rings. The molecule has 1 saturated carbocycles. The van der Waals surface area contributed by atoms with Gasteiger partial charge < -0.3 is 9.47 Å². The Kier molecular flexibility index (Phi) is 5.74. The fraction of sp³-hybridized carbons (Fsp3) is 0.308. The van der Waals surface area contributed by atoms with E-state index >= 15 is 4.39 Å². The van der Waals surface area contributed by atoms with Crippen LogP contribution >= 0.6 is 0 Å². The molecule has 1 aliphatic carbocycles. The molecule has 0 saturated heterocycles. The van der Waals surface area contributed by atoms with Gasteiger partial charge in [-0.05, 0) is 42.7 Å². The van der Waals surface area contributed by atoms with Gasteiger partial charge in [-0.3, -0.25) is 14.7 Å². The van der Waals surface area contributed by atoms with Crippen LogP contribution in [0.4, 0.5) is 10.3 Å². The van der Waals surface area contributed by atoms with Crippen molar-refractivity contribution in [1.82, 2.24) is 29.7 Å². The fourth-order valence-corrected chi connectivity index (χ4v) is 4.60. The molecule has 1 aromatic carbocycles. The molecule has 188 valence electrons. The molecule has 6 rings (SSSR count). The van der Waals surface area contributed by atoms with E-state index < -0.39 is 5.82 Å². The van der Waals surface area contributed by atoms with E-state index in [-0.39, 0.29) is 18.9 Å². The molecule has 3 aromatic heterocycles. The van der Waals surface area contributed by atoms with Gasteiger partial charge in [0.1, 0.15) is 29.2 Å². The lowest BCUT2D eigenvalue weighted by atomic mass is 10.1. The molecular weight excluding hydrogens is 477 g/mol. The minimum Gasteiger partial charge on any atom is -0.494 e. The number of rotatable bonds is 7. The molecule has 0 atom stereocenters. The van der Waals surface area contributed by atoms with Gasteiger partial charge in [0, 0.05) is 24.1 Å². The summed E-state index contributed by atoms with van der Waals surface area (Å²) in [6.07, 6.45) is 5.41. The number of hydrogen-bond donors (Lipinski definition) is 0. The number of hydrogen-bond acceptors (Lipinski definition) is 8. The van der Waals surface area contributed by atoms with Crippen LogP contribution in [0.1, 0.15) is 36.4 Å². The summed E-state index contributed by atoms with van der Waals surface area (Å²) >= 11 is 0. The van der Waals surface area contributed by atoms with E-state index in [0.29, 0.717) is 58.2 Å². The van der Waals surface area contributed by atoms with Crippen molar-refractivity contribution in [2.45, 2.75) is 38.3 Å². The van der Waals surface area contributed by atoms with E-state index in [1.807, 2.05) is 0 Å². The maximum Gasteiger partial charge on any atom is 0.231 e. The third-order valence-corrected chi connectivity index (χ3v) is 6.57. The van der Waals surface area contributed by atoms with Gasteiger partial charge in [-0.2, -0.15) is 4.98 Å². The number of methoxy groups -OCH3 is 2. The summed E-state index contributed by atoms with van der Waals surface area (Å²) in [5, 5.41) is 4.67. The van der Waals surface area contributed by atoms with E-state index in [9.17, 15) is 4.79 Å². The summed E-state index contributed by atoms with van der Waals surface area (Å²) in [7, 11) is 3.07. The summed E-state index contributed by atoms with van der Waals surface area (Å²) in [6, 6.07) is 8.29. The highest BCUT2D eigenvalue weighted by Gasteiger charge is 2.34. The zero-order valence-electron chi connectivity index (χ0n) is 20.4. The van der Waals surface area contributed by atoms with Gasteiger partial charge in [-0.25, -0.2) is 19.0 Å². The topological polar surface area (TPSA) is 108 Å². The molecule has 0 bridgehead atoms. The van der Waals surface area contributed by atoms with Crippen LogP contribution in [-0.4, -0.2) is 49.8 Å². The van der Waals surface area contributed by atoms with Crippen molar-refractivity contribution in [2.24, 2.45) is 0 Å². The normalized spacial score (nSPS) is 15.0. The Bertz CT molecular complexity index is 1500. The van der Waals surface area contributed by atoms with Gasteiger partial charge in [0.05, 0.1) is 33.0 Å². The molecule has 10 nitrogen and oxygen atoms in total. The zero-order chi connectivity index (χ0) is 25.5. The molecule has 4 heterocycles. The van der Waals surface area contributed by atoms with Crippen LogP contribution in [0.2, 0.25) is 0 Å². The minimum absolute atomic E-state index is 0.110. The second-order valence-electron chi connectivity index (χ2n) is 8.97. The first-order valence-corrected chi connectivity index (χ1v) is 12.0. The molecule has 2 aliphatic rings. The Morgan fingerprint density at radius 2 is 1.97 bits per heavy atom. The number of benzene rings is 1. The molecule has 1 aliphatic heterocycles. The first-order chi connectivity index (χ1) is 18.1. The van der Waals surface area contributed by atoms with Crippen molar-refractivity contribution in [1.29, 1.82) is 0 Å². The number of carbonyl (C=O) groups excluding carboxylic acids is 1. The molecule has 1 amide bonds. The van der Waals surface area contributed by atoms with Gasteiger partial charge in [0.15, 0.2) is 5.82 Å². The van der Waals surface area contributed by atoms with Crippen molar-refractivity contribution in [3.8, 4) is 34.3 Å². The number of amides is 1. The second-order valence-corrected chi connectivity index (χ2v) is 8.97. The number of ether oxygens (including phenoxy) is 2. The Hall–Kier alpha value is -4.41. The maximum atomic E-state index is 15.2. The van der Waals surface area contributed by atoms with E-state index in [2.05, 4.69) is 20.1 Å². The molecule has 1 fully saturated rings. The first kappa shape index (κ1) is 23.0. The van der Waals surface area contributed by atoms with E-state index in [0.717, 1.165) is 18.5 Å². The van der Waals surface area contributed by atoms with Crippen LogP contribution in [0, 0.1) is 5.82 Å². The van der Waals surface area contributed by atoms with Crippen LogP contribution in [0.5, 0.6) is 11.6 Å². The van der Waals surface area contributed by atoms with Gasteiger partial charge in [-0.15, -0.1) is 5.10 Å². The van der Waals surface area contributed by atoms with Gasteiger partial charge in [0.25, 0.3) is 0 Å². The van der Waals surface area contributed by atoms with E-state index in [1.54, 1.807) is 42.3 Å². The van der Waals surface area contributed by atoms with E-state index in [4.69, 9.17) is 14.5 Å². The molecule has 11 heteroatoms. The number of aromatic nitrogens is 6. The highest BCUT2D eigenvalue weighted by Crippen LogP contribution is 2.45. The van der Waals surface area contributed by atoms with Crippen LogP contribution < -0.4 is 14.4 Å².